The van der Waals surface area contributed by atoms with E-state index in [9.17, 15) is 22.8 Å². The second-order valence-electron chi connectivity index (χ2n) is 11.0. The number of nitrogens with zero attached hydrogens (tertiary/aromatic N) is 2. The smallest absolute Gasteiger partial charge is 0.227 e. The molecule has 2 fully saturated rings. The molecule has 0 bridgehead atoms. The van der Waals surface area contributed by atoms with Crippen LogP contribution in [0, 0.1) is 23.4 Å². The number of carbonyl (C=O) groups excluding carboxylic acids is 2. The lowest BCUT2D eigenvalue weighted by atomic mass is 9.84. The fourth-order valence-electron chi connectivity index (χ4n) is 5.68. The van der Waals surface area contributed by atoms with Crippen LogP contribution in [0.3, 0.4) is 0 Å². The van der Waals surface area contributed by atoms with E-state index in [1.807, 2.05) is 4.90 Å². The molecule has 2 saturated heterocycles. The number of amides is 2. The van der Waals surface area contributed by atoms with E-state index in [0.717, 1.165) is 11.6 Å². The Kier molecular flexibility index (Phi) is 7.46. The number of hydrogen-bond acceptors (Lipinski definition) is 3. The summed E-state index contributed by atoms with van der Waals surface area (Å²) in [4.78, 5) is 29.2. The summed E-state index contributed by atoms with van der Waals surface area (Å²) in [6, 6.07) is 8.05. The molecule has 2 unspecified atom stereocenters. The van der Waals surface area contributed by atoms with Crippen LogP contribution in [0.5, 0.6) is 0 Å². The van der Waals surface area contributed by atoms with Crippen LogP contribution >= 0.6 is 0 Å². The fourth-order valence-corrected chi connectivity index (χ4v) is 5.68. The van der Waals surface area contributed by atoms with Crippen molar-refractivity contribution >= 4 is 11.8 Å². The molecule has 4 rings (SSSR count). The van der Waals surface area contributed by atoms with E-state index in [4.69, 9.17) is 5.73 Å². The maximum atomic E-state index is 14.8. The van der Waals surface area contributed by atoms with E-state index in [0.29, 0.717) is 50.1 Å². The van der Waals surface area contributed by atoms with Gasteiger partial charge in [0.2, 0.25) is 11.8 Å². The van der Waals surface area contributed by atoms with Crippen LogP contribution in [0.4, 0.5) is 13.2 Å². The molecule has 0 saturated carbocycles. The Morgan fingerprint density at radius 2 is 1.56 bits per heavy atom. The summed E-state index contributed by atoms with van der Waals surface area (Å²) >= 11 is 0. The van der Waals surface area contributed by atoms with Crippen LogP contribution in [-0.2, 0) is 16.0 Å². The molecule has 2 N–H and O–H groups in total. The van der Waals surface area contributed by atoms with Crippen molar-refractivity contribution in [1.29, 1.82) is 0 Å². The standard InChI is InChI=1S/C28H34F3N3O2/c1-28(2,3)34-15-23(22-7-5-20(30)14-25(22)31)24(16-34)27(36)33-10-8-17(9-11-33)21-6-4-19(29)12-18(21)13-26(32)35/h4-7,12,14,17,23-24H,8-11,13,15-16H2,1-3H3,(H2,32,35). The molecule has 2 aliphatic rings. The number of primary amides is 1. The van der Waals surface area contributed by atoms with Crippen LogP contribution in [0.2, 0.25) is 0 Å². The molecular weight excluding hydrogens is 467 g/mol. The highest BCUT2D eigenvalue weighted by Gasteiger charge is 2.44. The largest absolute Gasteiger partial charge is 0.369 e. The van der Waals surface area contributed by atoms with Gasteiger partial charge >= 0.3 is 0 Å². The molecule has 2 aromatic rings. The summed E-state index contributed by atoms with van der Waals surface area (Å²) in [6.07, 6.45) is 1.32. The first-order chi connectivity index (χ1) is 16.9. The summed E-state index contributed by atoms with van der Waals surface area (Å²) in [5, 5.41) is 0. The van der Waals surface area contributed by atoms with Gasteiger partial charge in [-0.3, -0.25) is 14.5 Å². The summed E-state index contributed by atoms with van der Waals surface area (Å²) in [5.41, 5.74) is 7.03. The first-order valence-corrected chi connectivity index (χ1v) is 12.5. The van der Waals surface area contributed by atoms with Gasteiger partial charge in [-0.05, 0) is 74.4 Å². The Labute approximate surface area is 210 Å². The average Bonchev–Trinajstić information content (AvgIpc) is 3.24. The molecular formula is C28H34F3N3O2. The average molecular weight is 502 g/mol. The molecule has 0 spiro atoms. The lowest BCUT2D eigenvalue weighted by molar-refractivity contribution is -0.136. The second-order valence-corrected chi connectivity index (χ2v) is 11.0. The summed E-state index contributed by atoms with van der Waals surface area (Å²) in [6.45, 7) is 8.25. The maximum Gasteiger partial charge on any atom is 0.227 e. The zero-order valence-corrected chi connectivity index (χ0v) is 21.1. The monoisotopic (exact) mass is 501 g/mol. The molecule has 0 aliphatic carbocycles. The van der Waals surface area contributed by atoms with Crippen molar-refractivity contribution in [3.05, 3.63) is 70.5 Å². The lowest BCUT2D eigenvalue weighted by Gasteiger charge is -2.35. The van der Waals surface area contributed by atoms with Crippen molar-refractivity contribution in [3.8, 4) is 0 Å². The number of likely N-dealkylation sites (tertiary alicyclic amines) is 2. The highest BCUT2D eigenvalue weighted by atomic mass is 19.1. The zero-order chi connectivity index (χ0) is 26.2. The second kappa shape index (κ2) is 10.2. The third kappa shape index (κ3) is 5.59. The van der Waals surface area contributed by atoms with Gasteiger partial charge in [-0.25, -0.2) is 13.2 Å². The van der Waals surface area contributed by atoms with Crippen molar-refractivity contribution in [3.63, 3.8) is 0 Å². The predicted octanol–water partition coefficient (Wildman–Crippen LogP) is 4.35. The summed E-state index contributed by atoms with van der Waals surface area (Å²) in [7, 11) is 0. The highest BCUT2D eigenvalue weighted by Crippen LogP contribution is 2.40. The normalized spacial score (nSPS) is 21.7. The van der Waals surface area contributed by atoms with Crippen LogP contribution < -0.4 is 5.73 Å². The molecule has 2 heterocycles. The van der Waals surface area contributed by atoms with E-state index in [1.165, 1.54) is 24.3 Å². The van der Waals surface area contributed by atoms with E-state index < -0.39 is 29.3 Å². The molecule has 2 amide bonds. The van der Waals surface area contributed by atoms with Crippen molar-refractivity contribution in [1.82, 2.24) is 9.80 Å². The fraction of sp³-hybridized carbons (Fsp3) is 0.500. The molecule has 2 atom stereocenters. The van der Waals surface area contributed by atoms with Gasteiger partial charge in [0.05, 0.1) is 12.3 Å². The van der Waals surface area contributed by atoms with Crippen LogP contribution in [-0.4, -0.2) is 53.3 Å². The number of piperidine rings is 1. The van der Waals surface area contributed by atoms with Gasteiger partial charge in [0.15, 0.2) is 0 Å². The van der Waals surface area contributed by atoms with Gasteiger partial charge in [0.25, 0.3) is 0 Å². The number of nitrogens with two attached hydrogens (primary N) is 1. The van der Waals surface area contributed by atoms with Crippen LogP contribution in [0.25, 0.3) is 0 Å². The lowest BCUT2D eigenvalue weighted by Crippen LogP contribution is -2.44. The Morgan fingerprint density at radius 1 is 0.944 bits per heavy atom. The van der Waals surface area contributed by atoms with E-state index in [-0.39, 0.29) is 29.7 Å². The number of hydrogen-bond donors (Lipinski definition) is 1. The Morgan fingerprint density at radius 3 is 2.14 bits per heavy atom. The van der Waals surface area contributed by atoms with Crippen molar-refractivity contribution in [2.75, 3.05) is 26.2 Å². The van der Waals surface area contributed by atoms with E-state index >= 15 is 0 Å². The topological polar surface area (TPSA) is 66.6 Å². The van der Waals surface area contributed by atoms with Crippen LogP contribution in [0.15, 0.2) is 36.4 Å². The van der Waals surface area contributed by atoms with E-state index in [2.05, 4.69) is 25.7 Å². The molecule has 36 heavy (non-hydrogen) atoms. The number of benzene rings is 2. The number of carbonyl (C=O) groups is 2. The van der Waals surface area contributed by atoms with Gasteiger partial charge in [-0.1, -0.05) is 12.1 Å². The van der Waals surface area contributed by atoms with Gasteiger partial charge in [-0.15, -0.1) is 0 Å². The summed E-state index contributed by atoms with van der Waals surface area (Å²) in [5.74, 6) is -2.92. The Bertz CT molecular complexity index is 1140. The maximum absolute atomic E-state index is 14.8. The minimum absolute atomic E-state index is 0.0228. The quantitative estimate of drug-likeness (QED) is 0.663. The van der Waals surface area contributed by atoms with Crippen LogP contribution in [0.1, 0.15) is 62.1 Å². The molecule has 194 valence electrons. The third-order valence-electron chi connectivity index (χ3n) is 7.66. The molecule has 8 heteroatoms. The minimum Gasteiger partial charge on any atom is -0.369 e. The van der Waals surface area contributed by atoms with Gasteiger partial charge in [0, 0.05) is 43.7 Å². The van der Waals surface area contributed by atoms with Gasteiger partial charge < -0.3 is 10.6 Å². The Hall–Kier alpha value is -2.87. The molecule has 0 radical (unpaired) electrons. The minimum atomic E-state index is -0.636. The van der Waals surface area contributed by atoms with Gasteiger partial charge in [-0.2, -0.15) is 0 Å². The van der Waals surface area contributed by atoms with E-state index in [1.54, 1.807) is 6.07 Å². The van der Waals surface area contributed by atoms with Gasteiger partial charge in [0.1, 0.15) is 17.5 Å². The molecule has 2 aromatic carbocycles. The molecule has 5 nitrogen and oxygen atoms in total. The van der Waals surface area contributed by atoms with Crippen molar-refractivity contribution in [2.45, 2.75) is 57.4 Å². The predicted molar refractivity (Wildman–Crippen MR) is 132 cm³/mol. The SMILES string of the molecule is CC(C)(C)N1CC(C(=O)N2CCC(c3ccc(F)cc3CC(N)=O)CC2)C(c2ccc(F)cc2F)C1. The molecule has 0 aromatic heterocycles. The number of halogens is 3. The first-order valence-electron chi connectivity index (χ1n) is 12.5. The van der Waals surface area contributed by atoms with Crippen molar-refractivity contribution < 1.29 is 22.8 Å². The van der Waals surface area contributed by atoms with Crippen molar-refractivity contribution in [2.24, 2.45) is 11.7 Å². The Balaban J connectivity index is 1.51. The summed E-state index contributed by atoms with van der Waals surface area (Å²) < 4.78 is 42.1. The highest BCUT2D eigenvalue weighted by molar-refractivity contribution is 5.81. The first kappa shape index (κ1) is 26.2. The molecule has 2 aliphatic heterocycles. The zero-order valence-electron chi connectivity index (χ0n) is 21.1. The number of rotatable bonds is 5. The third-order valence-corrected chi connectivity index (χ3v) is 7.66.